The van der Waals surface area contributed by atoms with Gasteiger partial charge in [-0.25, -0.2) is 0 Å². The first-order chi connectivity index (χ1) is 10.0. The molecule has 0 spiro atoms. The fourth-order valence-electron chi connectivity index (χ4n) is 1.69. The van der Waals surface area contributed by atoms with Crippen LogP contribution in [0, 0.1) is 6.92 Å². The molecule has 0 saturated carbocycles. The molecular weight excluding hydrogens is 294 g/mol. The molecule has 0 unspecified atom stereocenters. The molecule has 8 heteroatoms. The predicted molar refractivity (Wildman–Crippen MR) is 74.0 cm³/mol. The second-order valence-corrected chi connectivity index (χ2v) is 5.83. The molecule has 2 heterocycles. The summed E-state index contributed by atoms with van der Waals surface area (Å²) < 4.78 is 37.2. The number of para-hydroxylation sites is 1. The van der Waals surface area contributed by atoms with Gasteiger partial charge < -0.3 is 8.83 Å². The van der Waals surface area contributed by atoms with E-state index < -0.39 is 10.0 Å². The first-order valence-electron chi connectivity index (χ1n) is 6.03. The Labute approximate surface area is 120 Å². The van der Waals surface area contributed by atoms with Crippen LogP contribution in [0.2, 0.25) is 0 Å². The highest BCUT2D eigenvalue weighted by Crippen LogP contribution is 2.24. The second kappa shape index (κ2) is 5.06. The monoisotopic (exact) mass is 305 g/mol. The van der Waals surface area contributed by atoms with E-state index in [9.17, 15) is 8.42 Å². The summed E-state index contributed by atoms with van der Waals surface area (Å²) in [6, 6.07) is 11.3. The minimum atomic E-state index is -3.80. The van der Waals surface area contributed by atoms with Gasteiger partial charge in [-0.05, 0) is 24.3 Å². The molecule has 0 bridgehead atoms. The lowest BCUT2D eigenvalue weighted by Crippen LogP contribution is -2.11. The van der Waals surface area contributed by atoms with E-state index in [0.717, 1.165) is 0 Å². The van der Waals surface area contributed by atoms with Gasteiger partial charge in [0.1, 0.15) is 0 Å². The van der Waals surface area contributed by atoms with E-state index in [1.54, 1.807) is 37.3 Å². The van der Waals surface area contributed by atoms with Crippen LogP contribution in [0.3, 0.4) is 0 Å². The van der Waals surface area contributed by atoms with Gasteiger partial charge in [-0.15, -0.1) is 10.2 Å². The van der Waals surface area contributed by atoms with Crippen molar-refractivity contribution in [2.45, 2.75) is 12.0 Å². The Morgan fingerprint density at radius 2 is 1.76 bits per heavy atom. The average Bonchev–Trinajstić information content (AvgIpc) is 3.08. The maximum absolute atomic E-state index is 12.2. The molecule has 21 heavy (non-hydrogen) atoms. The zero-order valence-electron chi connectivity index (χ0n) is 11.0. The quantitative estimate of drug-likeness (QED) is 0.795. The highest BCUT2D eigenvalue weighted by molar-refractivity contribution is 7.92. The molecule has 1 aromatic carbocycles. The fourth-order valence-corrected chi connectivity index (χ4v) is 2.68. The number of hydrogen-bond donors (Lipinski definition) is 1. The molecule has 7 nitrogen and oxygen atoms in total. The molecule has 0 saturated heterocycles. The van der Waals surface area contributed by atoms with Crippen molar-refractivity contribution in [2.24, 2.45) is 0 Å². The molecule has 0 amide bonds. The van der Waals surface area contributed by atoms with Crippen LogP contribution < -0.4 is 4.72 Å². The Morgan fingerprint density at radius 1 is 1.00 bits per heavy atom. The Hall–Kier alpha value is -2.61. The van der Waals surface area contributed by atoms with Crippen molar-refractivity contribution >= 4 is 15.7 Å². The lowest BCUT2D eigenvalue weighted by atomic mass is 10.3. The average molecular weight is 305 g/mol. The summed E-state index contributed by atoms with van der Waals surface area (Å²) >= 11 is 0. The lowest BCUT2D eigenvalue weighted by molar-refractivity contribution is 0.439. The van der Waals surface area contributed by atoms with Gasteiger partial charge in [-0.2, -0.15) is 8.42 Å². The van der Waals surface area contributed by atoms with Crippen molar-refractivity contribution in [1.29, 1.82) is 0 Å². The Morgan fingerprint density at radius 3 is 2.43 bits per heavy atom. The van der Waals surface area contributed by atoms with Crippen LogP contribution in [0.5, 0.6) is 0 Å². The third-order valence-electron chi connectivity index (χ3n) is 2.61. The van der Waals surface area contributed by atoms with Gasteiger partial charge in [0.2, 0.25) is 11.0 Å². The first-order valence-corrected chi connectivity index (χ1v) is 7.51. The summed E-state index contributed by atoms with van der Waals surface area (Å²) in [5.74, 6) is 0.700. The van der Waals surface area contributed by atoms with Crippen molar-refractivity contribution in [3.63, 3.8) is 0 Å². The molecule has 0 aliphatic heterocycles. The Kier molecular flexibility index (Phi) is 3.22. The van der Waals surface area contributed by atoms with E-state index in [1.807, 2.05) is 0 Å². The van der Waals surface area contributed by atoms with E-state index in [1.165, 1.54) is 12.1 Å². The number of sulfonamides is 1. The summed E-state index contributed by atoms with van der Waals surface area (Å²) in [5, 5.41) is 7.21. The maximum atomic E-state index is 12.2. The zero-order valence-corrected chi connectivity index (χ0v) is 11.8. The SMILES string of the molecule is Cc1nnc(-c2ccc(S(=O)(=O)Nc3ccccc3)o2)o1. The van der Waals surface area contributed by atoms with E-state index in [4.69, 9.17) is 8.83 Å². The van der Waals surface area contributed by atoms with Gasteiger partial charge >= 0.3 is 0 Å². The van der Waals surface area contributed by atoms with Crippen LogP contribution in [0.1, 0.15) is 5.89 Å². The third kappa shape index (κ3) is 2.79. The molecule has 3 rings (SSSR count). The largest absolute Gasteiger partial charge is 0.438 e. The van der Waals surface area contributed by atoms with Gasteiger partial charge in [-0.3, -0.25) is 4.72 Å². The number of hydrogen-bond acceptors (Lipinski definition) is 6. The van der Waals surface area contributed by atoms with Crippen LogP contribution in [0.15, 0.2) is 56.4 Å². The number of rotatable bonds is 4. The standard InChI is InChI=1S/C13H11N3O4S/c1-9-14-15-13(19-9)11-7-8-12(20-11)21(17,18)16-10-5-3-2-4-6-10/h2-8,16H,1H3. The second-order valence-electron chi connectivity index (χ2n) is 4.22. The lowest BCUT2D eigenvalue weighted by Gasteiger charge is -2.04. The van der Waals surface area contributed by atoms with Gasteiger partial charge in [0.15, 0.2) is 5.76 Å². The Bertz CT molecular complexity index is 852. The van der Waals surface area contributed by atoms with E-state index in [0.29, 0.717) is 11.6 Å². The topological polar surface area (TPSA) is 98.2 Å². The summed E-state index contributed by atoms with van der Waals surface area (Å²) in [5.41, 5.74) is 0.448. The fraction of sp³-hybridized carbons (Fsp3) is 0.0769. The minimum Gasteiger partial charge on any atom is -0.438 e. The van der Waals surface area contributed by atoms with E-state index in [2.05, 4.69) is 14.9 Å². The molecule has 2 aromatic heterocycles. The normalized spacial score (nSPS) is 11.5. The summed E-state index contributed by atoms with van der Waals surface area (Å²) in [6.45, 7) is 1.63. The first kappa shape index (κ1) is 13.4. The number of anilines is 1. The van der Waals surface area contributed by atoms with Gasteiger partial charge in [-0.1, -0.05) is 18.2 Å². The number of nitrogens with one attached hydrogen (secondary N) is 1. The molecule has 0 atom stereocenters. The van der Waals surface area contributed by atoms with Gasteiger partial charge in [0.25, 0.3) is 15.9 Å². The summed E-state index contributed by atoms with van der Waals surface area (Å²) in [6.07, 6.45) is 0. The molecule has 108 valence electrons. The number of benzene rings is 1. The van der Waals surface area contributed by atoms with Crippen LogP contribution in [-0.4, -0.2) is 18.6 Å². The number of furan rings is 1. The zero-order chi connectivity index (χ0) is 14.9. The molecule has 3 aromatic rings. The van der Waals surface area contributed by atoms with Gasteiger partial charge in [0, 0.05) is 12.6 Å². The molecule has 0 aliphatic carbocycles. The maximum Gasteiger partial charge on any atom is 0.295 e. The van der Waals surface area contributed by atoms with Crippen molar-refractivity contribution in [2.75, 3.05) is 4.72 Å². The van der Waals surface area contributed by atoms with Crippen molar-refractivity contribution in [3.05, 3.63) is 48.4 Å². The van der Waals surface area contributed by atoms with Crippen molar-refractivity contribution in [1.82, 2.24) is 10.2 Å². The van der Waals surface area contributed by atoms with Crippen molar-refractivity contribution in [3.8, 4) is 11.7 Å². The molecule has 0 radical (unpaired) electrons. The third-order valence-corrected chi connectivity index (χ3v) is 3.86. The summed E-state index contributed by atoms with van der Waals surface area (Å²) in [4.78, 5) is 0. The highest BCUT2D eigenvalue weighted by Gasteiger charge is 2.21. The van der Waals surface area contributed by atoms with E-state index >= 15 is 0 Å². The minimum absolute atomic E-state index is 0.133. The molecule has 1 N–H and O–H groups in total. The molecular formula is C13H11N3O4S. The number of aryl methyl sites for hydroxylation is 1. The predicted octanol–water partition coefficient (Wildman–Crippen LogP) is 2.44. The number of aromatic nitrogens is 2. The molecule has 0 fully saturated rings. The van der Waals surface area contributed by atoms with Crippen LogP contribution in [0.25, 0.3) is 11.7 Å². The van der Waals surface area contributed by atoms with Crippen LogP contribution >= 0.6 is 0 Å². The number of nitrogens with zero attached hydrogens (tertiary/aromatic N) is 2. The smallest absolute Gasteiger partial charge is 0.295 e. The Balaban J connectivity index is 1.88. The van der Waals surface area contributed by atoms with Crippen molar-refractivity contribution < 1.29 is 17.3 Å². The summed E-state index contributed by atoms with van der Waals surface area (Å²) in [7, 11) is -3.80. The van der Waals surface area contributed by atoms with Gasteiger partial charge in [0.05, 0.1) is 0 Å². The van der Waals surface area contributed by atoms with E-state index in [-0.39, 0.29) is 16.7 Å². The van der Waals surface area contributed by atoms with Crippen LogP contribution in [0.4, 0.5) is 5.69 Å². The molecule has 0 aliphatic rings. The van der Waals surface area contributed by atoms with Crippen LogP contribution in [-0.2, 0) is 10.0 Å². The highest BCUT2D eigenvalue weighted by atomic mass is 32.2.